The van der Waals surface area contributed by atoms with Gasteiger partial charge in [0.15, 0.2) is 5.76 Å². The number of hydrogen-bond donors (Lipinski definition) is 2. The first-order valence-corrected chi connectivity index (χ1v) is 7.57. The second-order valence-electron chi connectivity index (χ2n) is 5.56. The summed E-state index contributed by atoms with van der Waals surface area (Å²) in [5, 5.41) is 5.23. The predicted octanol–water partition coefficient (Wildman–Crippen LogP) is 3.27. The van der Waals surface area contributed by atoms with Crippen LogP contribution in [0.5, 0.6) is 5.75 Å². The molecule has 0 aliphatic rings. The van der Waals surface area contributed by atoms with Crippen LogP contribution in [-0.2, 0) is 4.79 Å². The molecule has 2 N–H and O–H groups in total. The fraction of sp³-hybridized carbons (Fsp3) is 0.294. The van der Waals surface area contributed by atoms with Crippen LogP contribution in [0.1, 0.15) is 24.4 Å². The molecule has 6 nitrogen and oxygen atoms in total. The fourth-order valence-corrected chi connectivity index (χ4v) is 2.09. The molecule has 0 saturated heterocycles. The smallest absolute Gasteiger partial charge is 0.387 e. The van der Waals surface area contributed by atoms with E-state index in [0.29, 0.717) is 5.69 Å². The monoisotopic (exact) mass is 352 g/mol. The molecule has 0 fully saturated rings. The Bertz CT molecular complexity index is 700. The predicted molar refractivity (Wildman–Crippen MR) is 86.5 cm³/mol. The van der Waals surface area contributed by atoms with E-state index < -0.39 is 24.5 Å². The number of rotatable bonds is 7. The molecule has 25 heavy (non-hydrogen) atoms. The van der Waals surface area contributed by atoms with Crippen LogP contribution in [0.15, 0.2) is 47.1 Å². The van der Waals surface area contributed by atoms with Crippen molar-refractivity contribution >= 4 is 17.5 Å². The highest BCUT2D eigenvalue weighted by Gasteiger charge is 2.25. The highest BCUT2D eigenvalue weighted by molar-refractivity contribution is 6.00. The molecule has 0 unspecified atom stereocenters. The number of ether oxygens (including phenoxy) is 1. The maximum atomic E-state index is 12.4. The quantitative estimate of drug-likeness (QED) is 0.801. The summed E-state index contributed by atoms with van der Waals surface area (Å²) in [6, 6.07) is 7.76. The van der Waals surface area contributed by atoms with E-state index >= 15 is 0 Å². The number of benzene rings is 1. The standard InChI is InChI=1S/C17H18F2N2O4/c1-10(2)14(21-15(22)13-4-3-9-24-13)16(23)20-11-5-7-12(8-6-11)25-17(18)19/h3-10,14,17H,1-2H3,(H,20,23)(H,21,22)/t14-/m1/s1. The van der Waals surface area contributed by atoms with Gasteiger partial charge in [-0.15, -0.1) is 0 Å². The Morgan fingerprint density at radius 3 is 2.32 bits per heavy atom. The Morgan fingerprint density at radius 1 is 1.12 bits per heavy atom. The zero-order valence-electron chi connectivity index (χ0n) is 13.7. The lowest BCUT2D eigenvalue weighted by atomic mass is 10.0. The van der Waals surface area contributed by atoms with Gasteiger partial charge in [-0.05, 0) is 42.3 Å². The Labute approximate surface area is 143 Å². The van der Waals surface area contributed by atoms with Gasteiger partial charge in [0, 0.05) is 5.69 Å². The van der Waals surface area contributed by atoms with Crippen LogP contribution >= 0.6 is 0 Å². The van der Waals surface area contributed by atoms with Gasteiger partial charge < -0.3 is 19.8 Å². The molecule has 134 valence electrons. The summed E-state index contributed by atoms with van der Waals surface area (Å²) in [5.41, 5.74) is 0.393. The summed E-state index contributed by atoms with van der Waals surface area (Å²) in [6.07, 6.45) is 1.36. The van der Waals surface area contributed by atoms with Gasteiger partial charge in [0.25, 0.3) is 5.91 Å². The lowest BCUT2D eigenvalue weighted by molar-refractivity contribution is -0.118. The minimum Gasteiger partial charge on any atom is -0.459 e. The molecule has 0 bridgehead atoms. The number of nitrogens with one attached hydrogen (secondary N) is 2. The molecule has 8 heteroatoms. The first-order valence-electron chi connectivity index (χ1n) is 7.57. The number of anilines is 1. The third kappa shape index (κ3) is 5.30. The molecule has 0 aliphatic heterocycles. The van der Waals surface area contributed by atoms with Crippen LogP contribution in [0.3, 0.4) is 0 Å². The number of hydrogen-bond acceptors (Lipinski definition) is 4. The van der Waals surface area contributed by atoms with Crippen LogP contribution in [-0.4, -0.2) is 24.5 Å². The van der Waals surface area contributed by atoms with Crippen molar-refractivity contribution in [1.29, 1.82) is 0 Å². The third-order valence-electron chi connectivity index (χ3n) is 3.33. The molecular formula is C17H18F2N2O4. The van der Waals surface area contributed by atoms with Crippen molar-refractivity contribution in [2.24, 2.45) is 5.92 Å². The number of amides is 2. The summed E-state index contributed by atoms with van der Waals surface area (Å²) >= 11 is 0. The van der Waals surface area contributed by atoms with Crippen molar-refractivity contribution in [2.45, 2.75) is 26.5 Å². The van der Waals surface area contributed by atoms with Crippen molar-refractivity contribution in [1.82, 2.24) is 5.32 Å². The van der Waals surface area contributed by atoms with Gasteiger partial charge in [0.1, 0.15) is 11.8 Å². The van der Waals surface area contributed by atoms with Crippen LogP contribution in [0.25, 0.3) is 0 Å². The lowest BCUT2D eigenvalue weighted by Gasteiger charge is -2.21. The molecule has 1 atom stereocenters. The Morgan fingerprint density at radius 2 is 1.80 bits per heavy atom. The Kier molecular flexibility index (Phi) is 6.10. The van der Waals surface area contributed by atoms with Gasteiger partial charge >= 0.3 is 6.61 Å². The van der Waals surface area contributed by atoms with E-state index in [9.17, 15) is 18.4 Å². The van der Waals surface area contributed by atoms with Crippen molar-refractivity contribution in [3.63, 3.8) is 0 Å². The average Bonchev–Trinajstić information content (AvgIpc) is 3.08. The van der Waals surface area contributed by atoms with E-state index in [0.717, 1.165) is 0 Å². The second-order valence-corrected chi connectivity index (χ2v) is 5.56. The first kappa shape index (κ1) is 18.4. The zero-order valence-corrected chi connectivity index (χ0v) is 13.7. The molecule has 2 amide bonds. The van der Waals surface area contributed by atoms with E-state index in [-0.39, 0.29) is 17.4 Å². The minimum atomic E-state index is -2.91. The maximum Gasteiger partial charge on any atom is 0.387 e. The van der Waals surface area contributed by atoms with Crippen molar-refractivity contribution < 1.29 is 27.5 Å². The topological polar surface area (TPSA) is 80.6 Å². The molecule has 0 spiro atoms. The summed E-state index contributed by atoms with van der Waals surface area (Å²) in [7, 11) is 0. The van der Waals surface area contributed by atoms with Gasteiger partial charge in [-0.3, -0.25) is 9.59 Å². The van der Waals surface area contributed by atoms with Gasteiger partial charge in [0.2, 0.25) is 5.91 Å². The molecular weight excluding hydrogens is 334 g/mol. The molecule has 1 heterocycles. The normalized spacial score (nSPS) is 12.1. The fourth-order valence-electron chi connectivity index (χ4n) is 2.09. The molecule has 1 aromatic carbocycles. The number of halogens is 2. The van der Waals surface area contributed by atoms with Crippen molar-refractivity contribution in [3.05, 3.63) is 48.4 Å². The molecule has 0 saturated carbocycles. The van der Waals surface area contributed by atoms with Gasteiger partial charge in [0.05, 0.1) is 6.26 Å². The van der Waals surface area contributed by atoms with Crippen molar-refractivity contribution in [3.8, 4) is 5.75 Å². The van der Waals surface area contributed by atoms with Crippen LogP contribution in [0, 0.1) is 5.92 Å². The number of furan rings is 1. The first-order chi connectivity index (χ1) is 11.9. The molecule has 2 aromatic rings. The third-order valence-corrected chi connectivity index (χ3v) is 3.33. The van der Waals surface area contributed by atoms with E-state index in [1.807, 2.05) is 0 Å². The Hall–Kier alpha value is -2.90. The SMILES string of the molecule is CC(C)[C@@H](NC(=O)c1ccco1)C(=O)Nc1ccc(OC(F)F)cc1. The van der Waals surface area contributed by atoms with Crippen LogP contribution < -0.4 is 15.4 Å². The summed E-state index contributed by atoms with van der Waals surface area (Å²) in [6.45, 7) is 0.654. The molecule has 2 rings (SSSR count). The number of carbonyl (C=O) groups excluding carboxylic acids is 2. The lowest BCUT2D eigenvalue weighted by Crippen LogP contribution is -2.47. The summed E-state index contributed by atoms with van der Waals surface area (Å²) in [4.78, 5) is 24.5. The van der Waals surface area contributed by atoms with Crippen LogP contribution in [0.2, 0.25) is 0 Å². The van der Waals surface area contributed by atoms with Gasteiger partial charge in [-0.25, -0.2) is 0 Å². The number of carbonyl (C=O) groups is 2. The second kappa shape index (κ2) is 8.27. The van der Waals surface area contributed by atoms with E-state index in [4.69, 9.17) is 4.42 Å². The maximum absolute atomic E-state index is 12.4. The Balaban J connectivity index is 2.01. The van der Waals surface area contributed by atoms with E-state index in [1.54, 1.807) is 19.9 Å². The number of alkyl halides is 2. The molecule has 0 aliphatic carbocycles. The molecule has 1 aromatic heterocycles. The summed E-state index contributed by atoms with van der Waals surface area (Å²) in [5.74, 6) is -1.02. The minimum absolute atomic E-state index is 0.0143. The largest absolute Gasteiger partial charge is 0.459 e. The van der Waals surface area contributed by atoms with E-state index in [1.165, 1.54) is 36.6 Å². The summed E-state index contributed by atoms with van der Waals surface area (Å²) < 4.78 is 33.5. The van der Waals surface area contributed by atoms with Crippen molar-refractivity contribution in [2.75, 3.05) is 5.32 Å². The average molecular weight is 352 g/mol. The van der Waals surface area contributed by atoms with Gasteiger partial charge in [-0.2, -0.15) is 8.78 Å². The van der Waals surface area contributed by atoms with E-state index in [2.05, 4.69) is 15.4 Å². The van der Waals surface area contributed by atoms with Crippen LogP contribution in [0.4, 0.5) is 14.5 Å². The van der Waals surface area contributed by atoms with Gasteiger partial charge in [-0.1, -0.05) is 13.8 Å². The zero-order chi connectivity index (χ0) is 18.4. The highest BCUT2D eigenvalue weighted by Crippen LogP contribution is 2.18. The highest BCUT2D eigenvalue weighted by atomic mass is 19.3. The molecule has 0 radical (unpaired) electrons.